The molecule has 1 spiro atoms. The summed E-state index contributed by atoms with van der Waals surface area (Å²) in [5.41, 5.74) is 7.87. The minimum Gasteiger partial charge on any atom is -0.457 e. The molecule has 0 N–H and O–H groups in total. The molecule has 9 aromatic rings. The lowest BCUT2D eigenvalue weighted by Gasteiger charge is -2.47. The SMILES string of the molecule is c1ccc(N(c2ccc3c(c2)C2(c4ccccc4Oc4ccccc42)c2ccccc2[SiH]3c2ccccc2)c2ccc3sc4ccccc4c3c2)cc1. The van der Waals surface area contributed by atoms with E-state index in [0.29, 0.717) is 0 Å². The molecule has 0 radical (unpaired) electrons. The molecule has 250 valence electrons. The van der Waals surface area contributed by atoms with Crippen LogP contribution < -0.4 is 25.2 Å². The molecule has 2 aliphatic heterocycles. The Morgan fingerprint density at radius 1 is 0.415 bits per heavy atom. The van der Waals surface area contributed by atoms with Gasteiger partial charge >= 0.3 is 0 Å². The summed E-state index contributed by atoms with van der Waals surface area (Å²) in [4.78, 5) is 2.44. The first-order valence-corrected chi connectivity index (χ1v) is 20.8. The van der Waals surface area contributed by atoms with Gasteiger partial charge in [-0.25, -0.2) is 0 Å². The van der Waals surface area contributed by atoms with E-state index in [1.807, 2.05) is 11.3 Å². The molecule has 0 fully saturated rings. The zero-order valence-corrected chi connectivity index (χ0v) is 30.8. The molecule has 8 aromatic carbocycles. The van der Waals surface area contributed by atoms with Crippen molar-refractivity contribution in [3.63, 3.8) is 0 Å². The zero-order valence-electron chi connectivity index (χ0n) is 28.8. The summed E-state index contributed by atoms with van der Waals surface area (Å²) >= 11 is 1.86. The monoisotopic (exact) mass is 711 g/mol. The van der Waals surface area contributed by atoms with Crippen molar-refractivity contribution in [1.29, 1.82) is 0 Å². The van der Waals surface area contributed by atoms with E-state index >= 15 is 0 Å². The summed E-state index contributed by atoms with van der Waals surface area (Å²) in [7, 11) is -1.92. The van der Waals surface area contributed by atoms with Crippen LogP contribution in [0.4, 0.5) is 17.1 Å². The Labute approximate surface area is 314 Å². The van der Waals surface area contributed by atoms with Crippen LogP contribution in [0.3, 0.4) is 0 Å². The largest absolute Gasteiger partial charge is 0.457 e. The fourth-order valence-electron chi connectivity index (χ4n) is 9.12. The first-order chi connectivity index (χ1) is 26.3. The molecular weight excluding hydrogens is 679 g/mol. The van der Waals surface area contributed by atoms with E-state index in [1.165, 1.54) is 58.0 Å². The number of thiophene rings is 1. The van der Waals surface area contributed by atoms with Crippen LogP contribution in [-0.4, -0.2) is 8.80 Å². The van der Waals surface area contributed by atoms with Crippen LogP contribution >= 0.6 is 11.3 Å². The maximum absolute atomic E-state index is 6.73. The lowest BCUT2D eigenvalue weighted by molar-refractivity contribution is 0.435. The number of benzene rings is 8. The van der Waals surface area contributed by atoms with E-state index in [9.17, 15) is 0 Å². The van der Waals surface area contributed by atoms with Gasteiger partial charge in [-0.15, -0.1) is 11.3 Å². The second-order valence-corrected chi connectivity index (χ2v) is 17.9. The Balaban J connectivity index is 1.24. The first-order valence-electron chi connectivity index (χ1n) is 18.2. The second kappa shape index (κ2) is 11.9. The number of fused-ring (bicyclic) bond motifs is 11. The molecule has 53 heavy (non-hydrogen) atoms. The first kappa shape index (κ1) is 30.4. The molecule has 1 aromatic heterocycles. The van der Waals surface area contributed by atoms with Gasteiger partial charge in [0.05, 0.1) is 5.41 Å². The predicted molar refractivity (Wildman–Crippen MR) is 225 cm³/mol. The Kier molecular flexibility index (Phi) is 6.84. The van der Waals surface area contributed by atoms with E-state index in [1.54, 1.807) is 0 Å². The number of ether oxygens (including phenoxy) is 1. The van der Waals surface area contributed by atoms with Crippen molar-refractivity contribution in [3.05, 3.63) is 216 Å². The van der Waals surface area contributed by atoms with E-state index in [4.69, 9.17) is 4.74 Å². The Morgan fingerprint density at radius 2 is 0.981 bits per heavy atom. The molecule has 3 heterocycles. The molecule has 0 saturated heterocycles. The van der Waals surface area contributed by atoms with E-state index in [2.05, 4.69) is 199 Å². The van der Waals surface area contributed by atoms with Crippen molar-refractivity contribution in [2.45, 2.75) is 5.41 Å². The molecule has 1 unspecified atom stereocenters. The van der Waals surface area contributed by atoms with Crippen LogP contribution in [0.2, 0.25) is 0 Å². The van der Waals surface area contributed by atoms with Gasteiger partial charge in [-0.1, -0.05) is 139 Å². The average Bonchev–Trinajstić information content (AvgIpc) is 3.60. The molecule has 2 aliphatic rings. The Bertz CT molecular complexity index is 2800. The molecule has 4 heteroatoms. The number of nitrogens with zero attached hydrogens (tertiary/aromatic N) is 1. The van der Waals surface area contributed by atoms with Crippen molar-refractivity contribution >= 4 is 72.9 Å². The van der Waals surface area contributed by atoms with Gasteiger partial charge in [-0.2, -0.15) is 0 Å². The molecule has 0 amide bonds. The Hall–Kier alpha value is -6.20. The summed E-state index contributed by atoms with van der Waals surface area (Å²) in [6.45, 7) is 0. The minimum atomic E-state index is -1.92. The highest BCUT2D eigenvalue weighted by Crippen LogP contribution is 2.56. The molecule has 2 nitrogen and oxygen atoms in total. The van der Waals surface area contributed by atoms with Crippen LogP contribution in [-0.2, 0) is 5.41 Å². The minimum absolute atomic E-state index is 0.582. The summed E-state index contributed by atoms with van der Waals surface area (Å²) in [6.07, 6.45) is 0. The van der Waals surface area contributed by atoms with Gasteiger partial charge in [0.2, 0.25) is 0 Å². The van der Waals surface area contributed by atoms with Crippen LogP contribution in [0, 0.1) is 0 Å². The number of hydrogen-bond donors (Lipinski definition) is 0. The fourth-order valence-corrected chi connectivity index (χ4v) is 13.7. The van der Waals surface area contributed by atoms with Gasteiger partial charge in [-0.3, -0.25) is 0 Å². The molecule has 11 rings (SSSR count). The standard InChI is InChI=1S/C49H33NOSSi/c1-3-15-33(16-4-1)50(34-27-29-46-38(31-34)37-19-7-13-25-45(37)52-46)35-28-30-48-42(32-35)49(39-20-8-11-23-43(39)51-44-24-12-9-21-40(44)49)41-22-10-14-26-47(41)53(48)36-17-5-2-6-18-36/h1-32,53H. The fraction of sp³-hybridized carbons (Fsp3) is 0.0204. The van der Waals surface area contributed by atoms with Crippen molar-refractivity contribution in [1.82, 2.24) is 0 Å². The third-order valence-corrected chi connectivity index (χ3v) is 15.7. The van der Waals surface area contributed by atoms with E-state index in [0.717, 1.165) is 28.6 Å². The quantitative estimate of drug-likeness (QED) is 0.169. The van der Waals surface area contributed by atoms with Gasteiger partial charge in [0.15, 0.2) is 0 Å². The summed E-state index contributed by atoms with van der Waals surface area (Å²) in [6, 6.07) is 71.7. The summed E-state index contributed by atoms with van der Waals surface area (Å²) in [5.74, 6) is 1.82. The highest BCUT2D eigenvalue weighted by molar-refractivity contribution is 7.25. The third kappa shape index (κ3) is 4.49. The topological polar surface area (TPSA) is 12.5 Å². The van der Waals surface area contributed by atoms with Gasteiger partial charge in [0.25, 0.3) is 0 Å². The number of hydrogen-bond acceptors (Lipinski definition) is 3. The number of rotatable bonds is 4. The lowest BCUT2D eigenvalue weighted by Crippen LogP contribution is -2.62. The predicted octanol–water partition coefficient (Wildman–Crippen LogP) is 10.6. The highest BCUT2D eigenvalue weighted by atomic mass is 32.1. The maximum atomic E-state index is 6.73. The number of para-hydroxylation sites is 3. The van der Waals surface area contributed by atoms with Crippen molar-refractivity contribution in [3.8, 4) is 11.5 Å². The van der Waals surface area contributed by atoms with Gasteiger partial charge in [-0.05, 0) is 82.2 Å². The molecule has 0 bridgehead atoms. The van der Waals surface area contributed by atoms with Crippen molar-refractivity contribution in [2.24, 2.45) is 0 Å². The van der Waals surface area contributed by atoms with Gasteiger partial charge in [0, 0.05) is 48.4 Å². The molecule has 0 saturated carbocycles. The van der Waals surface area contributed by atoms with Crippen LogP contribution in [0.25, 0.3) is 20.2 Å². The molecular formula is C49H33NOSSi. The van der Waals surface area contributed by atoms with Gasteiger partial charge in [0.1, 0.15) is 20.3 Å². The van der Waals surface area contributed by atoms with Crippen LogP contribution in [0.15, 0.2) is 194 Å². The highest BCUT2D eigenvalue weighted by Gasteiger charge is 2.51. The van der Waals surface area contributed by atoms with Gasteiger partial charge < -0.3 is 9.64 Å². The lowest BCUT2D eigenvalue weighted by atomic mass is 9.63. The van der Waals surface area contributed by atoms with E-state index < -0.39 is 14.2 Å². The number of anilines is 3. The molecule has 0 aliphatic carbocycles. The Morgan fingerprint density at radius 3 is 1.75 bits per heavy atom. The third-order valence-electron chi connectivity index (χ3n) is 11.3. The average molecular weight is 712 g/mol. The second-order valence-electron chi connectivity index (χ2n) is 14.0. The zero-order chi connectivity index (χ0) is 34.9. The van der Waals surface area contributed by atoms with Crippen molar-refractivity contribution < 1.29 is 4.74 Å². The van der Waals surface area contributed by atoms with Crippen LogP contribution in [0.5, 0.6) is 11.5 Å². The molecule has 1 atom stereocenters. The maximum Gasteiger partial charge on any atom is 0.133 e. The normalized spacial score (nSPS) is 14.9. The van der Waals surface area contributed by atoms with E-state index in [-0.39, 0.29) is 0 Å². The van der Waals surface area contributed by atoms with Crippen LogP contribution in [0.1, 0.15) is 22.3 Å². The smallest absolute Gasteiger partial charge is 0.133 e. The van der Waals surface area contributed by atoms with Crippen molar-refractivity contribution in [2.75, 3.05) is 4.90 Å². The summed E-state index contributed by atoms with van der Waals surface area (Å²) in [5, 5.41) is 6.91. The summed E-state index contributed by atoms with van der Waals surface area (Å²) < 4.78 is 9.35.